The number of primary amides is 1. The minimum Gasteiger partial charge on any atom is -0.359 e. The van der Waals surface area contributed by atoms with E-state index in [1.165, 1.54) is 6.07 Å². The van der Waals surface area contributed by atoms with Crippen molar-refractivity contribution in [2.45, 2.75) is 6.92 Å². The van der Waals surface area contributed by atoms with Gasteiger partial charge in [0, 0.05) is 10.9 Å². The van der Waals surface area contributed by atoms with E-state index in [1.807, 2.05) is 0 Å². The molecule has 0 heterocycles. The van der Waals surface area contributed by atoms with Gasteiger partial charge in [-0.3, -0.25) is 4.79 Å². The van der Waals surface area contributed by atoms with Gasteiger partial charge in [-0.05, 0) is 24.6 Å². The van der Waals surface area contributed by atoms with Crippen LogP contribution in [0.2, 0.25) is 5.02 Å². The highest BCUT2D eigenvalue weighted by atomic mass is 35.5. The third kappa shape index (κ3) is 2.48. The molecule has 2 N–H and O–H groups in total. The smallest absolute Gasteiger partial charge is 0.293 e. The third-order valence-corrected chi connectivity index (χ3v) is 1.98. The van der Waals surface area contributed by atoms with E-state index in [0.717, 1.165) is 6.07 Å². The lowest BCUT2D eigenvalue weighted by Gasteiger charge is -1.99. The van der Waals surface area contributed by atoms with Crippen LogP contribution in [0, 0.1) is 24.6 Å². The van der Waals surface area contributed by atoms with E-state index in [1.54, 1.807) is 6.92 Å². The molecule has 4 heteroatoms. The van der Waals surface area contributed by atoms with Gasteiger partial charge in [-0.25, -0.2) is 4.39 Å². The van der Waals surface area contributed by atoms with E-state index in [0.29, 0.717) is 10.6 Å². The van der Waals surface area contributed by atoms with Gasteiger partial charge in [0.2, 0.25) is 0 Å². The molecule has 0 aliphatic rings. The molecule has 0 bridgehead atoms. The molecule has 0 fully saturated rings. The number of hydrogen-bond acceptors (Lipinski definition) is 1. The number of carbonyl (C=O) groups is 1. The summed E-state index contributed by atoms with van der Waals surface area (Å²) in [7, 11) is 0. The Kier molecular flexibility index (Phi) is 3.10. The largest absolute Gasteiger partial charge is 0.359 e. The number of rotatable bonds is 0. The lowest BCUT2D eigenvalue weighted by Crippen LogP contribution is -2.06. The van der Waals surface area contributed by atoms with Crippen molar-refractivity contribution in [3.8, 4) is 11.8 Å². The highest BCUT2D eigenvalue weighted by molar-refractivity contribution is 6.31. The molecule has 0 aliphatic heterocycles. The summed E-state index contributed by atoms with van der Waals surface area (Å²) < 4.78 is 13.1. The zero-order valence-corrected chi connectivity index (χ0v) is 8.15. The first-order valence-electron chi connectivity index (χ1n) is 3.78. The highest BCUT2D eigenvalue weighted by Crippen LogP contribution is 2.19. The lowest BCUT2D eigenvalue weighted by molar-refractivity contribution is -0.112. The molecule has 1 rings (SSSR count). The maximum absolute atomic E-state index is 13.1. The average molecular weight is 212 g/mol. The van der Waals surface area contributed by atoms with Crippen LogP contribution < -0.4 is 5.73 Å². The van der Waals surface area contributed by atoms with Crippen molar-refractivity contribution in [3.63, 3.8) is 0 Å². The Balaban J connectivity index is 3.18. The summed E-state index contributed by atoms with van der Waals surface area (Å²) >= 11 is 5.67. The second-order valence-corrected chi connectivity index (χ2v) is 3.10. The molecular weight excluding hydrogens is 205 g/mol. The van der Waals surface area contributed by atoms with E-state index in [4.69, 9.17) is 17.3 Å². The van der Waals surface area contributed by atoms with Crippen molar-refractivity contribution in [1.29, 1.82) is 0 Å². The predicted molar refractivity (Wildman–Crippen MR) is 52.2 cm³/mol. The average Bonchev–Trinajstić information content (AvgIpc) is 2.09. The fourth-order valence-corrected chi connectivity index (χ4v) is 1.03. The molecule has 0 saturated heterocycles. The number of hydrogen-bond donors (Lipinski definition) is 1. The molecule has 14 heavy (non-hydrogen) atoms. The summed E-state index contributed by atoms with van der Waals surface area (Å²) in [5.74, 6) is 3.02. The zero-order valence-electron chi connectivity index (χ0n) is 7.40. The Morgan fingerprint density at radius 1 is 1.57 bits per heavy atom. The van der Waals surface area contributed by atoms with Gasteiger partial charge in [0.05, 0.1) is 5.56 Å². The first-order chi connectivity index (χ1) is 6.50. The van der Waals surface area contributed by atoms with Gasteiger partial charge in [0.15, 0.2) is 0 Å². The Bertz CT molecular complexity index is 445. The van der Waals surface area contributed by atoms with Crippen LogP contribution in [0.3, 0.4) is 0 Å². The van der Waals surface area contributed by atoms with Crippen molar-refractivity contribution in [2.75, 3.05) is 0 Å². The normalized spacial score (nSPS) is 9.07. The first-order valence-corrected chi connectivity index (χ1v) is 4.15. The van der Waals surface area contributed by atoms with Crippen LogP contribution in [0.4, 0.5) is 4.39 Å². The fourth-order valence-electron chi connectivity index (χ4n) is 0.882. The molecule has 0 spiro atoms. The second kappa shape index (κ2) is 4.12. The van der Waals surface area contributed by atoms with Crippen LogP contribution in [0.25, 0.3) is 0 Å². The van der Waals surface area contributed by atoms with Gasteiger partial charge in [-0.2, -0.15) is 0 Å². The van der Waals surface area contributed by atoms with Crippen LogP contribution >= 0.6 is 11.6 Å². The van der Waals surface area contributed by atoms with Crippen molar-refractivity contribution < 1.29 is 9.18 Å². The standard InChI is InChI=1S/C10H7ClFNO/c1-6-4-7(2-3-10(13)14)9(12)5-8(6)11/h4-5H,1H3,(H2,13,14). The molecule has 0 aliphatic carbocycles. The van der Waals surface area contributed by atoms with Crippen LogP contribution in [-0.2, 0) is 4.79 Å². The molecule has 0 unspecified atom stereocenters. The van der Waals surface area contributed by atoms with Crippen molar-refractivity contribution in [2.24, 2.45) is 5.73 Å². The van der Waals surface area contributed by atoms with Crippen molar-refractivity contribution in [3.05, 3.63) is 34.1 Å². The molecule has 1 aromatic carbocycles. The van der Waals surface area contributed by atoms with E-state index in [-0.39, 0.29) is 5.56 Å². The minimum absolute atomic E-state index is 0.116. The van der Waals surface area contributed by atoms with Gasteiger partial charge in [0.25, 0.3) is 5.91 Å². The molecule has 1 aromatic rings. The number of halogens is 2. The first kappa shape index (κ1) is 10.6. The lowest BCUT2D eigenvalue weighted by atomic mass is 10.1. The molecule has 0 atom stereocenters. The van der Waals surface area contributed by atoms with Crippen LogP contribution in [-0.4, -0.2) is 5.91 Å². The van der Waals surface area contributed by atoms with Crippen LogP contribution in [0.1, 0.15) is 11.1 Å². The van der Waals surface area contributed by atoms with E-state index >= 15 is 0 Å². The SMILES string of the molecule is Cc1cc(C#CC(N)=O)c(F)cc1Cl. The van der Waals surface area contributed by atoms with E-state index in [9.17, 15) is 9.18 Å². The van der Waals surface area contributed by atoms with Crippen molar-refractivity contribution in [1.82, 2.24) is 0 Å². The third-order valence-electron chi connectivity index (χ3n) is 1.57. The van der Waals surface area contributed by atoms with E-state index in [2.05, 4.69) is 11.8 Å². The van der Waals surface area contributed by atoms with Gasteiger partial charge < -0.3 is 5.73 Å². The van der Waals surface area contributed by atoms with Gasteiger partial charge in [-0.1, -0.05) is 17.5 Å². The highest BCUT2D eigenvalue weighted by Gasteiger charge is 2.03. The Hall–Kier alpha value is -1.53. The molecule has 0 saturated carbocycles. The maximum Gasteiger partial charge on any atom is 0.293 e. The summed E-state index contributed by atoms with van der Waals surface area (Å²) in [4.78, 5) is 10.3. The van der Waals surface area contributed by atoms with Gasteiger partial charge >= 0.3 is 0 Å². The maximum atomic E-state index is 13.1. The molecule has 72 valence electrons. The summed E-state index contributed by atoms with van der Waals surface area (Å²) in [5, 5.41) is 0.326. The topological polar surface area (TPSA) is 43.1 Å². The van der Waals surface area contributed by atoms with Gasteiger partial charge in [0.1, 0.15) is 5.82 Å². The molecular formula is C10H7ClFNO. The quantitative estimate of drug-likeness (QED) is 0.652. The van der Waals surface area contributed by atoms with Crippen LogP contribution in [0.5, 0.6) is 0 Å². The van der Waals surface area contributed by atoms with Crippen molar-refractivity contribution >= 4 is 17.5 Å². The number of nitrogens with two attached hydrogens (primary N) is 1. The van der Waals surface area contributed by atoms with Crippen LogP contribution in [0.15, 0.2) is 12.1 Å². The Labute approximate surface area is 85.9 Å². The molecule has 0 radical (unpaired) electrons. The summed E-state index contributed by atoms with van der Waals surface area (Å²) in [6, 6.07) is 2.62. The summed E-state index contributed by atoms with van der Waals surface area (Å²) in [5.41, 5.74) is 5.61. The summed E-state index contributed by atoms with van der Waals surface area (Å²) in [6.07, 6.45) is 0. The zero-order chi connectivity index (χ0) is 10.7. The van der Waals surface area contributed by atoms with E-state index < -0.39 is 11.7 Å². The molecule has 1 amide bonds. The monoisotopic (exact) mass is 211 g/mol. The molecule has 2 nitrogen and oxygen atoms in total. The minimum atomic E-state index is -0.794. The Morgan fingerprint density at radius 3 is 2.79 bits per heavy atom. The molecule has 0 aromatic heterocycles. The number of aryl methyl sites for hydroxylation is 1. The number of benzene rings is 1. The summed E-state index contributed by atoms with van der Waals surface area (Å²) in [6.45, 7) is 1.72. The number of carbonyl (C=O) groups excluding carboxylic acids is 1. The van der Waals surface area contributed by atoms with Gasteiger partial charge in [-0.15, -0.1) is 0 Å². The second-order valence-electron chi connectivity index (χ2n) is 2.70. The fraction of sp³-hybridized carbons (Fsp3) is 0.100. The number of amides is 1. The Morgan fingerprint density at radius 2 is 2.21 bits per heavy atom. The predicted octanol–water partition coefficient (Wildman–Crippen LogP) is 1.62.